The number of nitrogens with zero attached hydrogens (tertiary/aromatic N) is 3. The molecule has 1 fully saturated rings. The fourth-order valence-electron chi connectivity index (χ4n) is 3.35. The largest absolute Gasteiger partial charge is 0.496 e. The Morgan fingerprint density at radius 3 is 2.43 bits per heavy atom. The average molecular weight is 446 g/mol. The molecule has 0 atom stereocenters. The summed E-state index contributed by atoms with van der Waals surface area (Å²) in [6, 6.07) is 11.8. The smallest absolute Gasteiger partial charge is 0.291 e. The zero-order chi connectivity index (χ0) is 21.5. The van der Waals surface area contributed by atoms with Crippen LogP contribution in [0.3, 0.4) is 0 Å². The van der Waals surface area contributed by atoms with E-state index in [4.69, 9.17) is 4.74 Å². The van der Waals surface area contributed by atoms with Crippen molar-refractivity contribution in [1.82, 2.24) is 15.0 Å². The van der Waals surface area contributed by atoms with Crippen molar-refractivity contribution >= 4 is 43.9 Å². The number of hydrogen-bond donors (Lipinski definition) is 0. The molecule has 0 aliphatic carbocycles. The van der Waals surface area contributed by atoms with Gasteiger partial charge < -0.3 is 4.74 Å². The maximum absolute atomic E-state index is 13.2. The highest BCUT2D eigenvalue weighted by Crippen LogP contribution is 2.28. The van der Waals surface area contributed by atoms with E-state index in [0.29, 0.717) is 30.8 Å². The molecular weight excluding hydrogens is 426 g/mol. The zero-order valence-corrected chi connectivity index (χ0v) is 18.0. The van der Waals surface area contributed by atoms with Gasteiger partial charge in [0.05, 0.1) is 17.5 Å². The lowest BCUT2D eigenvalue weighted by Gasteiger charge is -2.27. The first-order valence-electron chi connectivity index (χ1n) is 9.17. The molecule has 4 rings (SSSR count). The molecule has 1 saturated heterocycles. The van der Waals surface area contributed by atoms with Gasteiger partial charge >= 0.3 is 0 Å². The molecule has 10 heteroatoms. The van der Waals surface area contributed by atoms with E-state index in [9.17, 15) is 18.0 Å². The van der Waals surface area contributed by atoms with E-state index in [1.54, 1.807) is 12.1 Å². The number of hydrogen-bond acceptors (Lipinski definition) is 7. The maximum Gasteiger partial charge on any atom is 0.291 e. The molecule has 1 aliphatic rings. The summed E-state index contributed by atoms with van der Waals surface area (Å²) in [5.41, 5.74) is 0.793. The molecule has 0 bridgehead atoms. The number of carbonyl (C=O) groups is 2. The van der Waals surface area contributed by atoms with Crippen LogP contribution >= 0.6 is 11.3 Å². The molecule has 2 aromatic heterocycles. The Kier molecular flexibility index (Phi) is 5.20. The number of rotatable bonds is 4. The predicted molar refractivity (Wildman–Crippen MR) is 112 cm³/mol. The minimum Gasteiger partial charge on any atom is -0.496 e. The van der Waals surface area contributed by atoms with Crippen molar-refractivity contribution in [2.75, 3.05) is 26.5 Å². The van der Waals surface area contributed by atoms with Gasteiger partial charge in [0.15, 0.2) is 9.84 Å². The lowest BCUT2D eigenvalue weighted by Crippen LogP contribution is -2.44. The van der Waals surface area contributed by atoms with Gasteiger partial charge in [0.2, 0.25) is 0 Å². The number of hydrazine groups is 1. The highest BCUT2D eigenvalue weighted by Gasteiger charge is 2.34. The number of ether oxygens (including phenoxy) is 1. The third-order valence-electron chi connectivity index (χ3n) is 4.77. The second-order valence-corrected chi connectivity index (χ2v) is 10.2. The molecule has 1 aromatic carbocycles. The number of para-hydroxylation sites is 1. The summed E-state index contributed by atoms with van der Waals surface area (Å²) in [5, 5.41) is 3.50. The number of carbonyl (C=O) groups excluding carboxylic acids is 2. The van der Waals surface area contributed by atoms with Crippen molar-refractivity contribution in [2.24, 2.45) is 0 Å². The Balaban J connectivity index is 1.65. The Morgan fingerprint density at radius 1 is 1.07 bits per heavy atom. The molecule has 0 unspecified atom stereocenters. The van der Waals surface area contributed by atoms with Gasteiger partial charge in [0.1, 0.15) is 15.7 Å². The normalized spacial score (nSPS) is 14.3. The fraction of sp³-hybridized carbons (Fsp3) is 0.250. The average Bonchev–Trinajstić information content (AvgIpc) is 3.41. The van der Waals surface area contributed by atoms with E-state index in [1.165, 1.54) is 29.3 Å². The number of benzene rings is 1. The van der Waals surface area contributed by atoms with Crippen LogP contribution in [-0.4, -0.2) is 61.7 Å². The van der Waals surface area contributed by atoms with Gasteiger partial charge in [-0.25, -0.2) is 23.4 Å². The molecule has 0 spiro atoms. The summed E-state index contributed by atoms with van der Waals surface area (Å²) >= 11 is 0.900. The van der Waals surface area contributed by atoms with Gasteiger partial charge in [0.25, 0.3) is 11.8 Å². The fourth-order valence-corrected chi connectivity index (χ4v) is 5.22. The van der Waals surface area contributed by atoms with E-state index in [0.717, 1.165) is 23.0 Å². The van der Waals surface area contributed by atoms with Gasteiger partial charge in [-0.15, -0.1) is 11.3 Å². The molecule has 0 saturated carbocycles. The van der Waals surface area contributed by atoms with Gasteiger partial charge in [-0.3, -0.25) is 9.59 Å². The lowest BCUT2D eigenvalue weighted by molar-refractivity contribution is 0.0185. The van der Waals surface area contributed by atoms with Gasteiger partial charge in [0, 0.05) is 30.8 Å². The molecular formula is C20H19N3O5S2. The van der Waals surface area contributed by atoms with E-state index >= 15 is 0 Å². The van der Waals surface area contributed by atoms with Crippen LogP contribution in [0, 0.1) is 0 Å². The van der Waals surface area contributed by atoms with Crippen molar-refractivity contribution in [2.45, 2.75) is 10.6 Å². The Morgan fingerprint density at radius 2 is 1.77 bits per heavy atom. The first kappa shape index (κ1) is 20.3. The van der Waals surface area contributed by atoms with Crippen LogP contribution in [0.4, 0.5) is 0 Å². The van der Waals surface area contributed by atoms with E-state index < -0.39 is 21.7 Å². The monoisotopic (exact) mass is 445 g/mol. The highest BCUT2D eigenvalue weighted by molar-refractivity contribution is 7.92. The zero-order valence-electron chi connectivity index (χ0n) is 16.4. The predicted octanol–water partition coefficient (Wildman–Crippen LogP) is 2.61. The second kappa shape index (κ2) is 7.69. The summed E-state index contributed by atoms with van der Waals surface area (Å²) < 4.78 is 29.0. The van der Waals surface area contributed by atoms with Gasteiger partial charge in [-0.2, -0.15) is 0 Å². The molecule has 30 heavy (non-hydrogen) atoms. The van der Waals surface area contributed by atoms with E-state index in [1.807, 2.05) is 18.2 Å². The molecule has 8 nitrogen and oxygen atoms in total. The van der Waals surface area contributed by atoms with Crippen LogP contribution < -0.4 is 4.74 Å². The molecule has 3 heterocycles. The van der Waals surface area contributed by atoms with Crippen LogP contribution in [-0.2, 0) is 9.84 Å². The van der Waals surface area contributed by atoms with Gasteiger partial charge in [-0.05, 0) is 30.7 Å². The van der Waals surface area contributed by atoms with Gasteiger partial charge in [-0.1, -0.05) is 12.1 Å². The standard InChI is InChI=1S/C20H19N3O5S2/c1-28-16-12-15(21-14-7-4-3-6-13(14)16)19(24)22-10-5-11-23(22)20(25)17-8-9-18(29-17)30(2,26)27/h3-4,6-9,12H,5,10-11H2,1-2H3. The summed E-state index contributed by atoms with van der Waals surface area (Å²) in [6.07, 6.45) is 1.71. The van der Waals surface area contributed by atoms with Crippen molar-refractivity contribution in [3.05, 3.63) is 53.0 Å². The van der Waals surface area contributed by atoms with Crippen molar-refractivity contribution < 1.29 is 22.7 Å². The number of methoxy groups -OCH3 is 1. The second-order valence-electron chi connectivity index (χ2n) is 6.83. The Hall–Kier alpha value is -2.98. The summed E-state index contributed by atoms with van der Waals surface area (Å²) in [7, 11) is -1.87. The number of fused-ring (bicyclic) bond motifs is 1. The van der Waals surface area contributed by atoms with Crippen LogP contribution in [0.15, 0.2) is 46.7 Å². The minimum atomic E-state index is -3.40. The molecule has 1 aliphatic heterocycles. The maximum atomic E-state index is 13.2. The Bertz CT molecular complexity index is 1250. The molecule has 2 amide bonds. The van der Waals surface area contributed by atoms with Crippen LogP contribution in [0.25, 0.3) is 10.9 Å². The first-order valence-corrected chi connectivity index (χ1v) is 11.9. The molecule has 3 aromatic rings. The quantitative estimate of drug-likeness (QED) is 0.612. The van der Waals surface area contributed by atoms with Crippen molar-refractivity contribution in [3.63, 3.8) is 0 Å². The summed E-state index contributed by atoms with van der Waals surface area (Å²) in [4.78, 5) is 30.9. The Labute approximate surface area is 177 Å². The number of amides is 2. The summed E-state index contributed by atoms with van der Waals surface area (Å²) in [6.45, 7) is 0.729. The van der Waals surface area contributed by atoms with E-state index in [-0.39, 0.29) is 14.8 Å². The molecule has 0 N–H and O–H groups in total. The number of sulfone groups is 1. The van der Waals surface area contributed by atoms with E-state index in [2.05, 4.69) is 4.98 Å². The lowest BCUT2D eigenvalue weighted by atomic mass is 10.1. The molecule has 156 valence electrons. The number of aromatic nitrogens is 1. The van der Waals surface area contributed by atoms with Crippen LogP contribution in [0.1, 0.15) is 26.6 Å². The first-order chi connectivity index (χ1) is 14.3. The topological polar surface area (TPSA) is 96.9 Å². The van der Waals surface area contributed by atoms with Crippen LogP contribution in [0.2, 0.25) is 0 Å². The highest BCUT2D eigenvalue weighted by atomic mass is 32.2. The third kappa shape index (κ3) is 3.63. The molecule has 0 radical (unpaired) electrons. The SMILES string of the molecule is COc1cc(C(=O)N2CCCN2C(=O)c2ccc(S(C)(=O)=O)s2)nc2ccccc12. The van der Waals surface area contributed by atoms with Crippen molar-refractivity contribution in [1.29, 1.82) is 0 Å². The van der Waals surface area contributed by atoms with Crippen molar-refractivity contribution in [3.8, 4) is 5.75 Å². The third-order valence-corrected chi connectivity index (χ3v) is 7.67. The minimum absolute atomic E-state index is 0.115. The summed E-state index contributed by atoms with van der Waals surface area (Å²) in [5.74, 6) is -0.296. The van der Waals surface area contributed by atoms with Crippen LogP contribution in [0.5, 0.6) is 5.75 Å². The number of pyridine rings is 1. The number of thiophene rings is 1.